The summed E-state index contributed by atoms with van der Waals surface area (Å²) < 4.78 is 14.9. The number of likely N-dealkylation sites (tertiary alicyclic amines) is 1. The van der Waals surface area contributed by atoms with E-state index >= 15 is 0 Å². The first-order valence-corrected chi connectivity index (χ1v) is 8.15. The summed E-state index contributed by atoms with van der Waals surface area (Å²) in [5.41, 5.74) is 0.342. The fourth-order valence-electron chi connectivity index (χ4n) is 3.21. The highest BCUT2D eigenvalue weighted by Gasteiger charge is 2.19. The van der Waals surface area contributed by atoms with Gasteiger partial charge >= 0.3 is 0 Å². The zero-order valence-corrected chi connectivity index (χ0v) is 13.2. The largest absolute Gasteiger partial charge is 0.303 e. The Kier molecular flexibility index (Phi) is 4.86. The molecule has 0 spiro atoms. The van der Waals surface area contributed by atoms with E-state index in [1.807, 2.05) is 6.08 Å². The van der Waals surface area contributed by atoms with Crippen LogP contribution in [0.1, 0.15) is 19.3 Å². The van der Waals surface area contributed by atoms with Gasteiger partial charge in [-0.05, 0) is 50.4 Å². The number of halogens is 1. The van der Waals surface area contributed by atoms with Crippen LogP contribution in [0.15, 0.2) is 42.0 Å². The molecule has 0 radical (unpaired) electrons. The molecule has 23 heavy (non-hydrogen) atoms. The van der Waals surface area contributed by atoms with Crippen LogP contribution in [0.25, 0.3) is 10.9 Å². The molecule has 5 heteroatoms. The molecule has 0 amide bonds. The van der Waals surface area contributed by atoms with Crippen molar-refractivity contribution in [3.63, 3.8) is 0 Å². The lowest BCUT2D eigenvalue weighted by atomic mass is 9.96. The van der Waals surface area contributed by atoms with Gasteiger partial charge in [0.1, 0.15) is 5.82 Å². The van der Waals surface area contributed by atoms with E-state index in [0.717, 1.165) is 38.9 Å². The summed E-state index contributed by atoms with van der Waals surface area (Å²) in [4.78, 5) is 19.2. The first-order valence-electron chi connectivity index (χ1n) is 8.15. The monoisotopic (exact) mass is 315 g/mol. The van der Waals surface area contributed by atoms with Gasteiger partial charge in [0, 0.05) is 19.2 Å². The van der Waals surface area contributed by atoms with Crippen LogP contribution in [0.2, 0.25) is 0 Å². The number of hydrogen-bond acceptors (Lipinski definition) is 3. The Morgan fingerprint density at radius 1 is 1.35 bits per heavy atom. The molecule has 0 atom stereocenters. The predicted octanol–water partition coefficient (Wildman–Crippen LogP) is 2.82. The summed E-state index contributed by atoms with van der Waals surface area (Å²) in [6.07, 6.45) is 6.70. The molecule has 1 fully saturated rings. The molecule has 1 aliphatic rings. The minimum Gasteiger partial charge on any atom is -0.303 e. The van der Waals surface area contributed by atoms with Gasteiger partial charge in [-0.25, -0.2) is 9.37 Å². The topological polar surface area (TPSA) is 38.1 Å². The molecular weight excluding hydrogens is 293 g/mol. The Bertz CT molecular complexity index is 748. The second-order valence-electron chi connectivity index (χ2n) is 6.23. The van der Waals surface area contributed by atoms with Crippen LogP contribution < -0.4 is 5.56 Å². The minimum absolute atomic E-state index is 0.0795. The Balaban J connectivity index is 1.68. The van der Waals surface area contributed by atoms with Crippen LogP contribution in [-0.2, 0) is 6.54 Å². The van der Waals surface area contributed by atoms with Crippen molar-refractivity contribution in [2.75, 3.05) is 19.6 Å². The smallest absolute Gasteiger partial charge is 0.261 e. The number of fused-ring (bicyclic) bond motifs is 1. The molecule has 1 aromatic carbocycles. The maximum absolute atomic E-state index is 13.2. The fraction of sp³-hybridized carbons (Fsp3) is 0.444. The molecule has 122 valence electrons. The van der Waals surface area contributed by atoms with Crippen molar-refractivity contribution >= 4 is 10.9 Å². The molecule has 0 bridgehead atoms. The first-order chi connectivity index (χ1) is 11.2. The van der Waals surface area contributed by atoms with Gasteiger partial charge in [-0.2, -0.15) is 0 Å². The number of piperidine rings is 1. The lowest BCUT2D eigenvalue weighted by molar-refractivity contribution is 0.175. The van der Waals surface area contributed by atoms with Gasteiger partial charge in [0.05, 0.1) is 17.2 Å². The van der Waals surface area contributed by atoms with Crippen molar-refractivity contribution in [1.82, 2.24) is 14.5 Å². The molecule has 2 aromatic rings. The molecule has 1 aliphatic heterocycles. The van der Waals surface area contributed by atoms with Crippen molar-refractivity contribution in [3.05, 3.63) is 53.4 Å². The summed E-state index contributed by atoms with van der Waals surface area (Å²) in [5.74, 6) is 0.126. The van der Waals surface area contributed by atoms with Gasteiger partial charge in [0.15, 0.2) is 0 Å². The number of nitrogens with zero attached hydrogens (tertiary/aromatic N) is 3. The van der Waals surface area contributed by atoms with Gasteiger partial charge < -0.3 is 4.90 Å². The van der Waals surface area contributed by atoms with Crippen LogP contribution >= 0.6 is 0 Å². The molecule has 4 nitrogen and oxygen atoms in total. The number of aromatic nitrogens is 2. The van der Waals surface area contributed by atoms with Crippen molar-refractivity contribution in [1.29, 1.82) is 0 Å². The second-order valence-corrected chi connectivity index (χ2v) is 6.23. The lowest BCUT2D eigenvalue weighted by Crippen LogP contribution is -2.36. The zero-order chi connectivity index (χ0) is 16.2. The molecule has 0 saturated carbocycles. The molecule has 0 N–H and O–H groups in total. The van der Waals surface area contributed by atoms with Gasteiger partial charge in [0.2, 0.25) is 0 Å². The van der Waals surface area contributed by atoms with E-state index in [-0.39, 0.29) is 11.4 Å². The third-order valence-corrected chi connectivity index (χ3v) is 4.60. The molecule has 0 unspecified atom stereocenters. The molecule has 1 aromatic heterocycles. The summed E-state index contributed by atoms with van der Waals surface area (Å²) in [7, 11) is 0. The maximum atomic E-state index is 13.2. The maximum Gasteiger partial charge on any atom is 0.261 e. The number of rotatable bonds is 5. The summed E-state index contributed by atoms with van der Waals surface area (Å²) in [6.45, 7) is 7.66. The molecule has 2 heterocycles. The van der Waals surface area contributed by atoms with Gasteiger partial charge in [-0.3, -0.25) is 9.36 Å². The number of benzene rings is 1. The average molecular weight is 315 g/mol. The first kappa shape index (κ1) is 15.9. The Labute approximate surface area is 135 Å². The lowest BCUT2D eigenvalue weighted by Gasteiger charge is -2.31. The average Bonchev–Trinajstić information content (AvgIpc) is 2.56. The quantitative estimate of drug-likeness (QED) is 0.796. The highest BCUT2D eigenvalue weighted by atomic mass is 19.1. The SMILES string of the molecule is C=CCCN1CCC(Cn2cnc3cc(F)ccc3c2=O)CC1. The Morgan fingerprint density at radius 3 is 2.87 bits per heavy atom. The van der Waals surface area contributed by atoms with Crippen molar-refractivity contribution in [2.45, 2.75) is 25.8 Å². The van der Waals surface area contributed by atoms with E-state index < -0.39 is 0 Å². The van der Waals surface area contributed by atoms with Gasteiger partial charge in [0.25, 0.3) is 5.56 Å². The summed E-state index contributed by atoms with van der Waals surface area (Å²) in [5, 5.41) is 0.484. The van der Waals surface area contributed by atoms with Crippen molar-refractivity contribution in [3.8, 4) is 0 Å². The molecule has 1 saturated heterocycles. The fourth-order valence-corrected chi connectivity index (χ4v) is 3.21. The van der Waals surface area contributed by atoms with Crippen molar-refractivity contribution < 1.29 is 4.39 Å². The number of hydrogen-bond donors (Lipinski definition) is 0. The van der Waals surface area contributed by atoms with E-state index in [1.165, 1.54) is 18.2 Å². The van der Waals surface area contributed by atoms with Crippen molar-refractivity contribution in [2.24, 2.45) is 5.92 Å². The second kappa shape index (κ2) is 7.04. The normalized spacial score (nSPS) is 16.7. The zero-order valence-electron chi connectivity index (χ0n) is 13.2. The third-order valence-electron chi connectivity index (χ3n) is 4.60. The summed E-state index contributed by atoms with van der Waals surface area (Å²) in [6, 6.07) is 4.14. The van der Waals surface area contributed by atoms with E-state index in [2.05, 4.69) is 16.5 Å². The van der Waals surface area contributed by atoms with Gasteiger partial charge in [-0.1, -0.05) is 6.08 Å². The van der Waals surface area contributed by atoms with Gasteiger partial charge in [-0.15, -0.1) is 6.58 Å². The van der Waals surface area contributed by atoms with E-state index in [9.17, 15) is 9.18 Å². The van der Waals surface area contributed by atoms with Crippen LogP contribution in [0.4, 0.5) is 4.39 Å². The van der Waals surface area contributed by atoms with Crippen LogP contribution in [-0.4, -0.2) is 34.1 Å². The highest BCUT2D eigenvalue weighted by Crippen LogP contribution is 2.19. The molecular formula is C18H22FN3O. The van der Waals surface area contributed by atoms with Crippen LogP contribution in [0.3, 0.4) is 0 Å². The molecule has 3 rings (SSSR count). The van der Waals surface area contributed by atoms with E-state index in [4.69, 9.17) is 0 Å². The van der Waals surface area contributed by atoms with Crippen LogP contribution in [0.5, 0.6) is 0 Å². The van der Waals surface area contributed by atoms with E-state index in [0.29, 0.717) is 23.4 Å². The minimum atomic E-state index is -0.367. The highest BCUT2D eigenvalue weighted by molar-refractivity contribution is 5.77. The third kappa shape index (κ3) is 3.67. The molecule has 0 aliphatic carbocycles. The standard InChI is InChI=1S/C18H22FN3O/c1-2-3-8-21-9-6-14(7-10-21)12-22-13-20-17-11-15(19)4-5-16(17)18(22)23/h2,4-5,11,13-14H,1,3,6-10,12H2. The van der Waals surface area contributed by atoms with E-state index in [1.54, 1.807) is 10.9 Å². The Hall–Kier alpha value is -2.01. The summed E-state index contributed by atoms with van der Waals surface area (Å²) >= 11 is 0. The Morgan fingerprint density at radius 2 is 2.13 bits per heavy atom. The van der Waals surface area contributed by atoms with Crippen LogP contribution in [0, 0.1) is 11.7 Å². The predicted molar refractivity (Wildman–Crippen MR) is 89.9 cm³/mol.